The van der Waals surface area contributed by atoms with Crippen LogP contribution in [0.1, 0.15) is 30.3 Å². The third kappa shape index (κ3) is 3.66. The van der Waals surface area contributed by atoms with Crippen molar-refractivity contribution in [3.8, 4) is 0 Å². The Labute approximate surface area is 124 Å². The van der Waals surface area contributed by atoms with Crippen LogP contribution < -0.4 is 5.32 Å². The van der Waals surface area contributed by atoms with Crippen LogP contribution in [0.25, 0.3) is 0 Å². The smallest absolute Gasteiger partial charge is 0.272 e. The zero-order valence-corrected chi connectivity index (χ0v) is 12.4. The predicted octanol–water partition coefficient (Wildman–Crippen LogP) is 2.65. The third-order valence-electron chi connectivity index (χ3n) is 3.47. The van der Waals surface area contributed by atoms with E-state index in [2.05, 4.69) is 17.2 Å². The molecule has 21 heavy (non-hydrogen) atoms. The molecule has 0 amide bonds. The van der Waals surface area contributed by atoms with Gasteiger partial charge in [0.1, 0.15) is 5.82 Å². The molecule has 0 atom stereocenters. The van der Waals surface area contributed by atoms with Gasteiger partial charge < -0.3 is 9.88 Å². The highest BCUT2D eigenvalue weighted by atomic mass is 16.6. The molecule has 6 nitrogen and oxygen atoms in total. The minimum Gasteiger partial charge on any atom is -0.329 e. The Kier molecular flexibility index (Phi) is 5.05. The summed E-state index contributed by atoms with van der Waals surface area (Å²) in [4.78, 5) is 15.0. The van der Waals surface area contributed by atoms with Gasteiger partial charge in [0.05, 0.1) is 11.5 Å². The highest BCUT2D eigenvalue weighted by Gasteiger charge is 2.14. The van der Waals surface area contributed by atoms with Gasteiger partial charge in [-0.1, -0.05) is 19.1 Å². The number of nitro groups is 1. The second-order valence-corrected chi connectivity index (χ2v) is 4.97. The van der Waals surface area contributed by atoms with E-state index in [0.717, 1.165) is 24.4 Å². The minimum absolute atomic E-state index is 0.165. The van der Waals surface area contributed by atoms with Gasteiger partial charge in [0.25, 0.3) is 5.69 Å². The zero-order valence-electron chi connectivity index (χ0n) is 12.4. The Morgan fingerprint density at radius 2 is 2.24 bits per heavy atom. The summed E-state index contributed by atoms with van der Waals surface area (Å²) < 4.78 is 2.02. The maximum Gasteiger partial charge on any atom is 0.272 e. The number of rotatable bonds is 7. The van der Waals surface area contributed by atoms with Crippen LogP contribution in [0.3, 0.4) is 0 Å². The molecule has 1 N–H and O–H groups in total. The average Bonchev–Trinajstić information content (AvgIpc) is 2.88. The van der Waals surface area contributed by atoms with Gasteiger partial charge in [-0.3, -0.25) is 10.1 Å². The molecule has 2 aromatic rings. The van der Waals surface area contributed by atoms with Gasteiger partial charge in [-0.05, 0) is 25.5 Å². The number of aromatic nitrogens is 2. The first-order valence-electron chi connectivity index (χ1n) is 7.07. The van der Waals surface area contributed by atoms with Gasteiger partial charge in [0.2, 0.25) is 0 Å². The summed E-state index contributed by atoms with van der Waals surface area (Å²) in [6.45, 7) is 6.15. The van der Waals surface area contributed by atoms with Crippen LogP contribution in [0.4, 0.5) is 5.69 Å². The molecule has 1 aromatic carbocycles. The molecule has 0 aliphatic heterocycles. The molecule has 0 saturated heterocycles. The van der Waals surface area contributed by atoms with Crippen LogP contribution >= 0.6 is 0 Å². The number of hydrogen-bond donors (Lipinski definition) is 1. The maximum absolute atomic E-state index is 11.0. The number of nitrogens with one attached hydrogen (secondary N) is 1. The summed E-state index contributed by atoms with van der Waals surface area (Å²) in [6, 6.07) is 5.19. The van der Waals surface area contributed by atoms with Gasteiger partial charge in [0, 0.05) is 30.6 Å². The van der Waals surface area contributed by atoms with Crippen molar-refractivity contribution in [1.82, 2.24) is 14.9 Å². The highest BCUT2D eigenvalue weighted by molar-refractivity contribution is 5.44. The first kappa shape index (κ1) is 15.2. The molecule has 2 rings (SSSR count). The first-order valence-corrected chi connectivity index (χ1v) is 7.07. The van der Waals surface area contributed by atoms with E-state index in [-0.39, 0.29) is 10.6 Å². The zero-order chi connectivity index (χ0) is 15.2. The molecule has 0 saturated carbocycles. The third-order valence-corrected chi connectivity index (χ3v) is 3.47. The fraction of sp³-hybridized carbons (Fsp3) is 0.400. The van der Waals surface area contributed by atoms with E-state index < -0.39 is 0 Å². The molecule has 0 aliphatic carbocycles. The lowest BCUT2D eigenvalue weighted by Gasteiger charge is -2.11. The van der Waals surface area contributed by atoms with E-state index in [4.69, 9.17) is 0 Å². The van der Waals surface area contributed by atoms with Gasteiger partial charge in [-0.2, -0.15) is 0 Å². The average molecular weight is 288 g/mol. The standard InChI is InChI=1S/C15H20N4O2/c1-3-7-16-10-15-17-8-9-18(15)11-13-5-4-6-14(12(13)2)19(20)21/h4-6,8-9,16H,3,7,10-11H2,1-2H3. The fourth-order valence-electron chi connectivity index (χ4n) is 2.25. The second-order valence-electron chi connectivity index (χ2n) is 4.97. The normalized spacial score (nSPS) is 10.8. The monoisotopic (exact) mass is 288 g/mol. The molecular formula is C15H20N4O2. The van der Waals surface area contributed by atoms with Crippen molar-refractivity contribution >= 4 is 5.69 Å². The van der Waals surface area contributed by atoms with E-state index >= 15 is 0 Å². The molecule has 1 heterocycles. The first-order chi connectivity index (χ1) is 10.1. The Hall–Kier alpha value is -2.21. The van der Waals surface area contributed by atoms with Crippen LogP contribution in [0, 0.1) is 17.0 Å². The number of benzene rings is 1. The largest absolute Gasteiger partial charge is 0.329 e. The molecule has 0 aliphatic rings. The van der Waals surface area contributed by atoms with Crippen LogP contribution in [0.5, 0.6) is 0 Å². The second kappa shape index (κ2) is 6.99. The van der Waals surface area contributed by atoms with Gasteiger partial charge in [0.15, 0.2) is 0 Å². The van der Waals surface area contributed by atoms with Crippen molar-refractivity contribution < 1.29 is 4.92 Å². The lowest BCUT2D eigenvalue weighted by atomic mass is 10.1. The number of hydrogen-bond acceptors (Lipinski definition) is 4. The molecule has 0 radical (unpaired) electrons. The molecule has 1 aromatic heterocycles. The van der Waals surface area contributed by atoms with Crippen LogP contribution in [0.2, 0.25) is 0 Å². The van der Waals surface area contributed by atoms with Crippen molar-refractivity contribution in [3.63, 3.8) is 0 Å². The van der Waals surface area contributed by atoms with Crippen LogP contribution in [0.15, 0.2) is 30.6 Å². The summed E-state index contributed by atoms with van der Waals surface area (Å²) in [5.41, 5.74) is 1.82. The molecule has 0 spiro atoms. The molecular weight excluding hydrogens is 268 g/mol. The summed E-state index contributed by atoms with van der Waals surface area (Å²) in [5, 5.41) is 14.3. The molecule has 112 valence electrons. The lowest BCUT2D eigenvalue weighted by molar-refractivity contribution is -0.385. The highest BCUT2D eigenvalue weighted by Crippen LogP contribution is 2.22. The quantitative estimate of drug-likeness (QED) is 0.483. The molecule has 0 bridgehead atoms. The van der Waals surface area contributed by atoms with E-state index in [0.29, 0.717) is 18.7 Å². The van der Waals surface area contributed by atoms with Gasteiger partial charge >= 0.3 is 0 Å². The van der Waals surface area contributed by atoms with E-state index in [1.165, 1.54) is 6.07 Å². The fourth-order valence-corrected chi connectivity index (χ4v) is 2.25. The van der Waals surface area contributed by atoms with Gasteiger partial charge in [-0.25, -0.2) is 4.98 Å². The summed E-state index contributed by atoms with van der Waals surface area (Å²) in [6.07, 6.45) is 4.74. The van der Waals surface area contributed by atoms with Crippen LogP contribution in [-0.4, -0.2) is 21.0 Å². The van der Waals surface area contributed by atoms with Crippen molar-refractivity contribution in [2.24, 2.45) is 0 Å². The summed E-state index contributed by atoms with van der Waals surface area (Å²) in [7, 11) is 0. The Bertz CT molecular complexity index is 622. The van der Waals surface area contributed by atoms with Crippen LogP contribution in [-0.2, 0) is 13.1 Å². The molecule has 0 fully saturated rings. The topological polar surface area (TPSA) is 73.0 Å². The van der Waals surface area contributed by atoms with E-state index in [1.54, 1.807) is 19.2 Å². The van der Waals surface area contributed by atoms with E-state index in [1.807, 2.05) is 16.8 Å². The lowest BCUT2D eigenvalue weighted by Crippen LogP contribution is -2.18. The Morgan fingerprint density at radius 1 is 1.43 bits per heavy atom. The van der Waals surface area contributed by atoms with Crippen molar-refractivity contribution in [2.75, 3.05) is 6.54 Å². The van der Waals surface area contributed by atoms with Crippen molar-refractivity contribution in [3.05, 3.63) is 57.7 Å². The summed E-state index contributed by atoms with van der Waals surface area (Å²) in [5.74, 6) is 0.939. The Morgan fingerprint density at radius 3 is 2.95 bits per heavy atom. The number of nitro benzene ring substituents is 1. The SMILES string of the molecule is CCCNCc1nccn1Cc1cccc([N+](=O)[O-])c1C. The maximum atomic E-state index is 11.0. The summed E-state index contributed by atoms with van der Waals surface area (Å²) >= 11 is 0. The van der Waals surface area contributed by atoms with E-state index in [9.17, 15) is 10.1 Å². The number of nitrogens with zero attached hydrogens (tertiary/aromatic N) is 3. The Balaban J connectivity index is 2.17. The van der Waals surface area contributed by atoms with Gasteiger partial charge in [-0.15, -0.1) is 0 Å². The molecule has 6 heteroatoms. The van der Waals surface area contributed by atoms with Crippen molar-refractivity contribution in [1.29, 1.82) is 0 Å². The number of imidazole rings is 1. The molecule has 0 unspecified atom stereocenters. The van der Waals surface area contributed by atoms with Crippen molar-refractivity contribution in [2.45, 2.75) is 33.4 Å². The minimum atomic E-state index is -0.337. The predicted molar refractivity (Wildman–Crippen MR) is 81.2 cm³/mol.